The molecule has 12 rings (SSSR count). The summed E-state index contributed by atoms with van der Waals surface area (Å²) in [5, 5.41) is 9.21. The van der Waals surface area contributed by atoms with Gasteiger partial charge in [0.2, 0.25) is 0 Å². The molecule has 1 aromatic heterocycles. The Morgan fingerprint density at radius 2 is 0.857 bits per heavy atom. The molecule has 0 fully saturated rings. The van der Waals surface area contributed by atoms with Gasteiger partial charge in [-0.2, -0.15) is 0 Å². The molecule has 63 heavy (non-hydrogen) atoms. The van der Waals surface area contributed by atoms with E-state index in [1.54, 1.807) is 0 Å². The van der Waals surface area contributed by atoms with Crippen molar-refractivity contribution in [2.24, 2.45) is 0 Å². The van der Waals surface area contributed by atoms with E-state index in [2.05, 4.69) is 247 Å². The molecule has 1 aliphatic rings. The fourth-order valence-corrected chi connectivity index (χ4v) is 10.2. The highest BCUT2D eigenvalue weighted by Crippen LogP contribution is 2.48. The van der Waals surface area contributed by atoms with Gasteiger partial charge in [0.15, 0.2) is 0 Å². The predicted octanol–water partition coefficient (Wildman–Crippen LogP) is 17.1. The maximum absolute atomic E-state index is 2.54. The monoisotopic (exact) mass is 804 g/mol. The van der Waals surface area contributed by atoms with Crippen LogP contribution in [-0.4, -0.2) is 4.57 Å². The van der Waals surface area contributed by atoms with E-state index in [0.29, 0.717) is 5.92 Å². The first-order chi connectivity index (χ1) is 31.2. The molecule has 1 aliphatic carbocycles. The third-order valence-corrected chi connectivity index (χ3v) is 13.2. The molecule has 0 spiro atoms. The Labute approximate surface area is 368 Å². The molecule has 0 radical (unpaired) electrons. The Balaban J connectivity index is 0.998. The summed E-state index contributed by atoms with van der Waals surface area (Å²) in [6.45, 7) is 2.40. The molecule has 0 aliphatic heterocycles. The highest BCUT2D eigenvalue weighted by molar-refractivity contribution is 6.32. The molecule has 1 atom stereocenters. The summed E-state index contributed by atoms with van der Waals surface area (Å²) in [4.78, 5) is 2.38. The fourth-order valence-electron chi connectivity index (χ4n) is 10.2. The van der Waals surface area contributed by atoms with Crippen molar-refractivity contribution >= 4 is 66.4 Å². The Bertz CT molecular complexity index is 3490. The van der Waals surface area contributed by atoms with Crippen LogP contribution < -0.4 is 4.90 Å². The summed E-state index contributed by atoms with van der Waals surface area (Å²) in [7, 11) is 0. The summed E-state index contributed by atoms with van der Waals surface area (Å²) in [6, 6.07) is 79.8. The van der Waals surface area contributed by atoms with Crippen LogP contribution in [0.3, 0.4) is 0 Å². The summed E-state index contributed by atoms with van der Waals surface area (Å²) in [5.74, 6) is 0.385. The number of allylic oxidation sites excluding steroid dienone is 1. The van der Waals surface area contributed by atoms with Crippen LogP contribution in [0.5, 0.6) is 0 Å². The lowest BCUT2D eigenvalue weighted by Crippen LogP contribution is -2.10. The van der Waals surface area contributed by atoms with Crippen molar-refractivity contribution in [2.75, 3.05) is 4.90 Å². The second kappa shape index (κ2) is 15.2. The molecule has 0 amide bonds. The third kappa shape index (κ3) is 6.25. The van der Waals surface area contributed by atoms with E-state index in [-0.39, 0.29) is 0 Å². The van der Waals surface area contributed by atoms with Crippen molar-refractivity contribution in [2.45, 2.75) is 19.3 Å². The molecule has 0 saturated carbocycles. The zero-order valence-corrected chi connectivity index (χ0v) is 35.1. The molecule has 1 unspecified atom stereocenters. The quantitative estimate of drug-likeness (QED) is 0.146. The van der Waals surface area contributed by atoms with Crippen LogP contribution >= 0.6 is 0 Å². The van der Waals surface area contributed by atoms with E-state index in [4.69, 9.17) is 0 Å². The number of fused-ring (bicyclic) bond motifs is 10. The molecule has 1 heterocycles. The van der Waals surface area contributed by atoms with Gasteiger partial charge in [0.05, 0.1) is 11.2 Å². The number of hydrogen-bond acceptors (Lipinski definition) is 1. The highest BCUT2D eigenvalue weighted by Gasteiger charge is 2.27. The summed E-state index contributed by atoms with van der Waals surface area (Å²) in [6.07, 6.45) is 5.76. The standard InChI is InChI=1S/C61H44N2/c1-41-13-12-22-57-58(41)60-59-53-19-9-8-18-48(53)31-40-55(59)54-20-10-11-21-56(54)61(60)63(57)52-38-36-51(37-39-52)62(49-32-27-46(28-33-49)43-16-6-3-7-17-43)50-34-29-47(30-35-50)45-25-23-44(24-26-45)42-14-4-2-5-15-42/h2-12,14-41H,13H2,1H3. The van der Waals surface area contributed by atoms with E-state index in [1.807, 2.05) is 0 Å². The molecule has 0 bridgehead atoms. The Hall–Kier alpha value is -7.94. The van der Waals surface area contributed by atoms with E-state index >= 15 is 0 Å². The number of nitrogens with zero attached hydrogens (tertiary/aromatic N) is 2. The Kier molecular flexibility index (Phi) is 8.90. The average molecular weight is 805 g/mol. The minimum absolute atomic E-state index is 0.385. The molecule has 0 saturated heterocycles. The molecule has 0 N–H and O–H groups in total. The van der Waals surface area contributed by atoms with Gasteiger partial charge in [-0.3, -0.25) is 0 Å². The molecule has 298 valence electrons. The average Bonchev–Trinajstić information content (AvgIpc) is 3.72. The molecular weight excluding hydrogens is 761 g/mol. The zero-order chi connectivity index (χ0) is 41.9. The van der Waals surface area contributed by atoms with E-state index in [0.717, 1.165) is 29.2 Å². The highest BCUT2D eigenvalue weighted by atomic mass is 15.1. The van der Waals surface area contributed by atoms with E-state index in [9.17, 15) is 0 Å². The zero-order valence-electron chi connectivity index (χ0n) is 35.1. The third-order valence-electron chi connectivity index (χ3n) is 13.2. The molecular formula is C61H44N2. The normalized spacial score (nSPS) is 13.5. The number of rotatable bonds is 7. The molecule has 2 heteroatoms. The van der Waals surface area contributed by atoms with Gasteiger partial charge < -0.3 is 9.47 Å². The minimum atomic E-state index is 0.385. The largest absolute Gasteiger partial charge is 0.311 e. The second-order valence-corrected chi connectivity index (χ2v) is 16.9. The lowest BCUT2D eigenvalue weighted by atomic mass is 9.86. The maximum Gasteiger partial charge on any atom is 0.0622 e. The van der Waals surface area contributed by atoms with Crippen LogP contribution in [0, 0.1) is 0 Å². The Morgan fingerprint density at radius 3 is 1.43 bits per heavy atom. The van der Waals surface area contributed by atoms with Gasteiger partial charge in [0.25, 0.3) is 0 Å². The molecule has 10 aromatic carbocycles. The van der Waals surface area contributed by atoms with Crippen LogP contribution in [-0.2, 0) is 0 Å². The SMILES string of the molecule is CC1CC=Cc2c1c1c3c4ccccc4ccc3c3ccccc3c1n2-c1ccc(N(c2ccc(-c3ccccc3)cc2)c2ccc(-c3ccc(-c4ccccc4)cc3)cc2)cc1. The van der Waals surface area contributed by atoms with Crippen LogP contribution in [0.4, 0.5) is 17.1 Å². The lowest BCUT2D eigenvalue weighted by Gasteiger charge is -2.26. The van der Waals surface area contributed by atoms with Crippen molar-refractivity contribution in [3.8, 4) is 39.1 Å². The lowest BCUT2D eigenvalue weighted by molar-refractivity contribution is 0.773. The predicted molar refractivity (Wildman–Crippen MR) is 269 cm³/mol. The van der Waals surface area contributed by atoms with Crippen molar-refractivity contribution < 1.29 is 0 Å². The van der Waals surface area contributed by atoms with Gasteiger partial charge in [-0.25, -0.2) is 0 Å². The first-order valence-electron chi connectivity index (χ1n) is 22.1. The van der Waals surface area contributed by atoms with Crippen molar-refractivity contribution in [1.82, 2.24) is 4.57 Å². The van der Waals surface area contributed by atoms with Crippen molar-refractivity contribution in [1.29, 1.82) is 0 Å². The van der Waals surface area contributed by atoms with Gasteiger partial charge in [-0.05, 0) is 133 Å². The van der Waals surface area contributed by atoms with Gasteiger partial charge in [-0.15, -0.1) is 0 Å². The van der Waals surface area contributed by atoms with Crippen LogP contribution in [0.25, 0.3) is 88.4 Å². The maximum atomic E-state index is 2.54. The van der Waals surface area contributed by atoms with Crippen molar-refractivity contribution in [3.05, 3.63) is 236 Å². The summed E-state index contributed by atoms with van der Waals surface area (Å²) < 4.78 is 2.54. The van der Waals surface area contributed by atoms with Crippen molar-refractivity contribution in [3.63, 3.8) is 0 Å². The van der Waals surface area contributed by atoms with E-state index < -0.39 is 0 Å². The molecule has 11 aromatic rings. The van der Waals surface area contributed by atoms with Gasteiger partial charge in [0, 0.05) is 33.5 Å². The number of benzene rings is 10. The molecule has 2 nitrogen and oxygen atoms in total. The smallest absolute Gasteiger partial charge is 0.0622 e. The van der Waals surface area contributed by atoms with Crippen LogP contribution in [0.1, 0.15) is 30.5 Å². The topological polar surface area (TPSA) is 8.17 Å². The number of anilines is 3. The summed E-state index contributed by atoms with van der Waals surface area (Å²) in [5.41, 5.74) is 15.7. The minimum Gasteiger partial charge on any atom is -0.311 e. The van der Waals surface area contributed by atoms with Gasteiger partial charge in [0.1, 0.15) is 0 Å². The van der Waals surface area contributed by atoms with Crippen LogP contribution in [0.15, 0.2) is 224 Å². The Morgan fingerprint density at radius 1 is 0.397 bits per heavy atom. The first-order valence-corrected chi connectivity index (χ1v) is 22.1. The fraction of sp³-hybridized carbons (Fsp3) is 0.0492. The first kappa shape index (κ1) is 36.9. The summed E-state index contributed by atoms with van der Waals surface area (Å²) >= 11 is 0. The number of aromatic nitrogens is 1. The van der Waals surface area contributed by atoms with E-state index in [1.165, 1.54) is 87.9 Å². The second-order valence-electron chi connectivity index (χ2n) is 16.9. The van der Waals surface area contributed by atoms with Gasteiger partial charge >= 0.3 is 0 Å². The van der Waals surface area contributed by atoms with Gasteiger partial charge in [-0.1, -0.05) is 183 Å². The van der Waals surface area contributed by atoms with Crippen LogP contribution in [0.2, 0.25) is 0 Å². The number of hydrogen-bond donors (Lipinski definition) is 0.